The van der Waals surface area contributed by atoms with Gasteiger partial charge in [0.2, 0.25) is 0 Å². The summed E-state index contributed by atoms with van der Waals surface area (Å²) < 4.78 is 1.42. The summed E-state index contributed by atoms with van der Waals surface area (Å²) in [7, 11) is 0. The van der Waals surface area contributed by atoms with Crippen molar-refractivity contribution in [1.82, 2.24) is 15.1 Å². The molecule has 0 unspecified atom stereocenters. The van der Waals surface area contributed by atoms with Gasteiger partial charge in [0.1, 0.15) is 5.69 Å². The molecule has 1 aromatic heterocycles. The molecule has 3 rings (SSSR count). The second-order valence-corrected chi connectivity index (χ2v) is 7.03. The van der Waals surface area contributed by atoms with Crippen molar-refractivity contribution in [2.45, 2.75) is 13.5 Å². The van der Waals surface area contributed by atoms with Crippen molar-refractivity contribution in [3.8, 4) is 5.69 Å². The van der Waals surface area contributed by atoms with Crippen molar-refractivity contribution < 1.29 is 9.59 Å². The molecule has 8 heteroatoms. The molecule has 138 valence electrons. The monoisotopic (exact) mass is 421 g/mol. The molecule has 0 aliphatic carbocycles. The van der Waals surface area contributed by atoms with Gasteiger partial charge in [0.05, 0.1) is 27.5 Å². The highest BCUT2D eigenvalue weighted by Gasteiger charge is 2.21. The van der Waals surface area contributed by atoms with E-state index in [9.17, 15) is 9.59 Å². The lowest BCUT2D eigenvalue weighted by Gasteiger charge is -2.08. The van der Waals surface area contributed by atoms with E-state index in [0.29, 0.717) is 20.8 Å². The number of nitrogens with zero attached hydrogens (tertiary/aromatic N) is 2. The average Bonchev–Trinajstić information content (AvgIpc) is 3.08. The minimum absolute atomic E-state index is 0.192. The summed E-state index contributed by atoms with van der Waals surface area (Å²) >= 11 is 17.8. The lowest BCUT2D eigenvalue weighted by atomic mass is 10.1. The Morgan fingerprint density at radius 2 is 1.74 bits per heavy atom. The maximum absolute atomic E-state index is 12.6. The number of carbonyl (C=O) groups excluding carboxylic acids is 2. The van der Waals surface area contributed by atoms with E-state index in [1.165, 1.54) is 17.8 Å². The number of hydrogen-bond donors (Lipinski definition) is 1. The molecule has 1 heterocycles. The molecule has 0 saturated carbocycles. The number of nitrogens with one attached hydrogen (secondary N) is 1. The second kappa shape index (κ2) is 8.13. The summed E-state index contributed by atoms with van der Waals surface area (Å²) in [6.07, 6.45) is 1.37. The molecule has 27 heavy (non-hydrogen) atoms. The normalized spacial score (nSPS) is 10.7. The Hall–Kier alpha value is -2.34. The number of halogens is 3. The summed E-state index contributed by atoms with van der Waals surface area (Å²) in [6.45, 7) is 1.62. The van der Waals surface area contributed by atoms with Crippen LogP contribution in [0.15, 0.2) is 48.7 Å². The standard InChI is InChI=1S/C19H14Cl3N3O2/c1-11(26)18-15(10-24-25(18)14-5-3-13(20)4-6-14)19(27)23-9-12-2-7-16(21)17(22)8-12/h2-8,10H,9H2,1H3,(H,23,27). The number of amides is 1. The van der Waals surface area contributed by atoms with Gasteiger partial charge in [-0.05, 0) is 42.0 Å². The molecule has 0 fully saturated rings. The van der Waals surface area contributed by atoms with Gasteiger partial charge in [0.25, 0.3) is 5.91 Å². The molecule has 5 nitrogen and oxygen atoms in total. The van der Waals surface area contributed by atoms with E-state index in [4.69, 9.17) is 34.8 Å². The van der Waals surface area contributed by atoms with Crippen molar-refractivity contribution in [1.29, 1.82) is 0 Å². The van der Waals surface area contributed by atoms with Crippen LogP contribution in [0.1, 0.15) is 33.3 Å². The first-order valence-corrected chi connectivity index (χ1v) is 9.07. The van der Waals surface area contributed by atoms with E-state index < -0.39 is 5.91 Å². The number of ketones is 1. The van der Waals surface area contributed by atoms with Gasteiger partial charge in [0.15, 0.2) is 5.78 Å². The number of rotatable bonds is 5. The zero-order valence-electron chi connectivity index (χ0n) is 14.2. The van der Waals surface area contributed by atoms with Crippen LogP contribution in [-0.2, 0) is 6.54 Å². The predicted molar refractivity (Wildman–Crippen MR) is 106 cm³/mol. The maximum atomic E-state index is 12.6. The SMILES string of the molecule is CC(=O)c1c(C(=O)NCc2ccc(Cl)c(Cl)c2)cnn1-c1ccc(Cl)cc1. The van der Waals surface area contributed by atoms with E-state index in [1.54, 1.807) is 42.5 Å². The molecule has 2 aromatic carbocycles. The lowest BCUT2D eigenvalue weighted by Crippen LogP contribution is -2.24. The Kier molecular flexibility index (Phi) is 5.85. The van der Waals surface area contributed by atoms with Crippen LogP contribution in [-0.4, -0.2) is 21.5 Å². The molecule has 0 aliphatic rings. The van der Waals surface area contributed by atoms with Crippen molar-refractivity contribution in [3.05, 3.63) is 80.6 Å². The van der Waals surface area contributed by atoms with Crippen LogP contribution in [0.5, 0.6) is 0 Å². The summed E-state index contributed by atoms with van der Waals surface area (Å²) in [5.74, 6) is -0.686. The van der Waals surface area contributed by atoms with Crippen LogP contribution < -0.4 is 5.32 Å². The number of benzene rings is 2. The Balaban J connectivity index is 1.85. The fourth-order valence-electron chi connectivity index (χ4n) is 2.56. The van der Waals surface area contributed by atoms with Gasteiger partial charge in [-0.2, -0.15) is 5.10 Å². The van der Waals surface area contributed by atoms with Crippen LogP contribution in [0.3, 0.4) is 0 Å². The minimum Gasteiger partial charge on any atom is -0.348 e. The van der Waals surface area contributed by atoms with E-state index in [2.05, 4.69) is 10.4 Å². The Morgan fingerprint density at radius 3 is 2.37 bits per heavy atom. The van der Waals surface area contributed by atoms with Crippen LogP contribution in [0.2, 0.25) is 15.1 Å². The molecule has 1 N–H and O–H groups in total. The zero-order chi connectivity index (χ0) is 19.6. The highest BCUT2D eigenvalue weighted by molar-refractivity contribution is 6.42. The van der Waals surface area contributed by atoms with Crippen LogP contribution in [0.25, 0.3) is 5.69 Å². The third-order valence-corrected chi connectivity index (χ3v) is 4.85. The van der Waals surface area contributed by atoms with Gasteiger partial charge in [-0.1, -0.05) is 40.9 Å². The summed E-state index contributed by atoms with van der Waals surface area (Å²) in [6, 6.07) is 11.9. The molecule has 0 radical (unpaired) electrons. The van der Waals surface area contributed by atoms with Gasteiger partial charge in [-0.15, -0.1) is 0 Å². The first-order valence-electron chi connectivity index (χ1n) is 7.94. The molecular weight excluding hydrogens is 409 g/mol. The van der Waals surface area contributed by atoms with Crippen LogP contribution >= 0.6 is 34.8 Å². The third-order valence-electron chi connectivity index (χ3n) is 3.86. The molecule has 1 amide bonds. The molecule has 3 aromatic rings. The molecule has 0 bridgehead atoms. The van der Waals surface area contributed by atoms with Crippen molar-refractivity contribution in [2.24, 2.45) is 0 Å². The molecule has 0 aliphatic heterocycles. The van der Waals surface area contributed by atoms with Gasteiger partial charge >= 0.3 is 0 Å². The third kappa shape index (κ3) is 4.33. The van der Waals surface area contributed by atoms with Crippen molar-refractivity contribution in [2.75, 3.05) is 0 Å². The number of aromatic nitrogens is 2. The first-order chi connectivity index (χ1) is 12.9. The number of hydrogen-bond acceptors (Lipinski definition) is 3. The lowest BCUT2D eigenvalue weighted by molar-refractivity contribution is 0.0935. The molecule has 0 atom stereocenters. The fourth-order valence-corrected chi connectivity index (χ4v) is 3.01. The molecule has 0 saturated heterocycles. The average molecular weight is 423 g/mol. The van der Waals surface area contributed by atoms with E-state index in [0.717, 1.165) is 5.56 Å². The quantitative estimate of drug-likeness (QED) is 0.591. The summed E-state index contributed by atoms with van der Waals surface area (Å²) in [5.41, 5.74) is 1.81. The highest BCUT2D eigenvalue weighted by atomic mass is 35.5. The van der Waals surface area contributed by atoms with Crippen molar-refractivity contribution >= 4 is 46.5 Å². The van der Waals surface area contributed by atoms with Gasteiger partial charge in [-0.3, -0.25) is 9.59 Å². The largest absolute Gasteiger partial charge is 0.348 e. The van der Waals surface area contributed by atoms with Gasteiger partial charge < -0.3 is 5.32 Å². The van der Waals surface area contributed by atoms with Gasteiger partial charge in [-0.25, -0.2) is 4.68 Å². The number of Topliss-reactive ketones (excluding diaryl/α,β-unsaturated/α-hetero) is 1. The molecule has 0 spiro atoms. The highest BCUT2D eigenvalue weighted by Crippen LogP contribution is 2.23. The second-order valence-electron chi connectivity index (χ2n) is 5.78. The topological polar surface area (TPSA) is 64.0 Å². The van der Waals surface area contributed by atoms with E-state index >= 15 is 0 Å². The number of carbonyl (C=O) groups is 2. The van der Waals surface area contributed by atoms with Crippen LogP contribution in [0.4, 0.5) is 0 Å². The van der Waals surface area contributed by atoms with Crippen LogP contribution in [0, 0.1) is 0 Å². The Morgan fingerprint density at radius 1 is 1.04 bits per heavy atom. The smallest absolute Gasteiger partial charge is 0.255 e. The first kappa shape index (κ1) is 19.4. The van der Waals surface area contributed by atoms with Crippen molar-refractivity contribution in [3.63, 3.8) is 0 Å². The van der Waals surface area contributed by atoms with E-state index in [-0.39, 0.29) is 23.6 Å². The Labute approximate surface area is 170 Å². The molecular formula is C19H14Cl3N3O2. The maximum Gasteiger partial charge on any atom is 0.255 e. The Bertz CT molecular complexity index is 1010. The van der Waals surface area contributed by atoms with Gasteiger partial charge in [0, 0.05) is 18.5 Å². The minimum atomic E-state index is -0.411. The summed E-state index contributed by atoms with van der Waals surface area (Å²) in [5, 5.41) is 8.37. The predicted octanol–water partition coefficient (Wildman–Crippen LogP) is 4.97. The zero-order valence-corrected chi connectivity index (χ0v) is 16.4. The van der Waals surface area contributed by atoms with E-state index in [1.807, 2.05) is 0 Å². The summed E-state index contributed by atoms with van der Waals surface area (Å²) in [4.78, 5) is 24.7. The fraction of sp³-hybridized carbons (Fsp3) is 0.105.